The van der Waals surface area contributed by atoms with Gasteiger partial charge >= 0.3 is 0 Å². The quantitative estimate of drug-likeness (QED) is 0.640. The maximum absolute atomic E-state index is 11.3. The van der Waals surface area contributed by atoms with E-state index in [0.717, 1.165) is 32.4 Å². The van der Waals surface area contributed by atoms with Crippen molar-refractivity contribution in [3.8, 4) is 0 Å². The third-order valence-corrected chi connectivity index (χ3v) is 4.36. The van der Waals surface area contributed by atoms with Crippen molar-refractivity contribution in [2.24, 2.45) is 0 Å². The SMILES string of the molecule is COCCCCCNCC(O)c1ccc(S(C)(=O)=O)cc1. The van der Waals surface area contributed by atoms with Crippen LogP contribution in [-0.2, 0) is 14.6 Å². The Kier molecular flexibility index (Phi) is 7.88. The lowest BCUT2D eigenvalue weighted by Crippen LogP contribution is -2.22. The molecule has 21 heavy (non-hydrogen) atoms. The molecule has 0 aliphatic carbocycles. The lowest BCUT2D eigenvalue weighted by molar-refractivity contribution is 0.173. The number of aliphatic hydroxyl groups is 1. The van der Waals surface area contributed by atoms with E-state index in [9.17, 15) is 13.5 Å². The number of ether oxygens (including phenoxy) is 1. The second-order valence-electron chi connectivity index (χ2n) is 5.11. The predicted molar refractivity (Wildman–Crippen MR) is 83.1 cm³/mol. The molecule has 1 rings (SSSR count). The summed E-state index contributed by atoms with van der Waals surface area (Å²) in [6.45, 7) is 2.10. The molecule has 0 amide bonds. The maximum Gasteiger partial charge on any atom is 0.175 e. The fourth-order valence-corrected chi connectivity index (χ4v) is 2.60. The van der Waals surface area contributed by atoms with Gasteiger partial charge in [0.1, 0.15) is 0 Å². The highest BCUT2D eigenvalue weighted by Gasteiger charge is 2.10. The summed E-state index contributed by atoms with van der Waals surface area (Å²) in [6.07, 6.45) is 3.73. The standard InChI is InChI=1S/C15H25NO4S/c1-20-11-5-3-4-10-16-12-15(17)13-6-8-14(9-7-13)21(2,18)19/h6-9,15-17H,3-5,10-12H2,1-2H3. The third kappa shape index (κ3) is 7.04. The zero-order valence-corrected chi connectivity index (χ0v) is 13.5. The molecule has 0 heterocycles. The maximum atomic E-state index is 11.3. The van der Waals surface area contributed by atoms with Gasteiger partial charge in [0, 0.05) is 26.5 Å². The summed E-state index contributed by atoms with van der Waals surface area (Å²) in [5.74, 6) is 0. The average Bonchev–Trinajstić information content (AvgIpc) is 2.45. The van der Waals surface area contributed by atoms with Crippen molar-refractivity contribution in [2.45, 2.75) is 30.3 Å². The number of unbranched alkanes of at least 4 members (excludes halogenated alkanes) is 2. The molecule has 0 saturated carbocycles. The van der Waals surface area contributed by atoms with Crippen LogP contribution in [0.4, 0.5) is 0 Å². The third-order valence-electron chi connectivity index (χ3n) is 3.23. The molecule has 5 nitrogen and oxygen atoms in total. The van der Waals surface area contributed by atoms with Crippen LogP contribution in [-0.4, -0.2) is 46.6 Å². The molecule has 0 saturated heterocycles. The number of rotatable bonds is 10. The van der Waals surface area contributed by atoms with Gasteiger partial charge in [-0.1, -0.05) is 12.1 Å². The summed E-state index contributed by atoms with van der Waals surface area (Å²) < 4.78 is 27.7. The normalized spacial score (nSPS) is 13.3. The Morgan fingerprint density at radius 1 is 1.19 bits per heavy atom. The highest BCUT2D eigenvalue weighted by atomic mass is 32.2. The van der Waals surface area contributed by atoms with Gasteiger partial charge in [0.15, 0.2) is 9.84 Å². The van der Waals surface area contributed by atoms with Crippen molar-refractivity contribution in [3.63, 3.8) is 0 Å². The average molecular weight is 315 g/mol. The molecule has 0 aromatic heterocycles. The van der Waals surface area contributed by atoms with Gasteiger partial charge in [-0.25, -0.2) is 8.42 Å². The van der Waals surface area contributed by atoms with Gasteiger partial charge in [-0.3, -0.25) is 0 Å². The molecule has 6 heteroatoms. The zero-order valence-electron chi connectivity index (χ0n) is 12.7. The van der Waals surface area contributed by atoms with Gasteiger partial charge in [-0.2, -0.15) is 0 Å². The predicted octanol–water partition coefficient (Wildman–Crippen LogP) is 1.53. The molecule has 1 unspecified atom stereocenters. The van der Waals surface area contributed by atoms with Crippen LogP contribution in [0.2, 0.25) is 0 Å². The van der Waals surface area contributed by atoms with E-state index < -0.39 is 15.9 Å². The van der Waals surface area contributed by atoms with Crippen molar-refractivity contribution in [1.29, 1.82) is 0 Å². The first kappa shape index (κ1) is 18.1. The monoisotopic (exact) mass is 315 g/mol. The number of aliphatic hydroxyl groups excluding tert-OH is 1. The molecular formula is C15H25NO4S. The number of benzene rings is 1. The summed E-state index contributed by atoms with van der Waals surface area (Å²) in [4.78, 5) is 0.268. The van der Waals surface area contributed by atoms with E-state index in [2.05, 4.69) is 5.32 Å². The summed E-state index contributed by atoms with van der Waals surface area (Å²) in [5, 5.41) is 13.2. The van der Waals surface area contributed by atoms with Gasteiger partial charge < -0.3 is 15.2 Å². The van der Waals surface area contributed by atoms with E-state index in [1.807, 2.05) is 0 Å². The highest BCUT2D eigenvalue weighted by Crippen LogP contribution is 2.15. The van der Waals surface area contributed by atoms with Crippen LogP contribution in [0.1, 0.15) is 30.9 Å². The molecule has 120 valence electrons. The fourth-order valence-electron chi connectivity index (χ4n) is 1.97. The number of sulfone groups is 1. The molecule has 2 N–H and O–H groups in total. The summed E-state index contributed by atoms with van der Waals surface area (Å²) in [6, 6.07) is 6.36. The van der Waals surface area contributed by atoms with E-state index in [4.69, 9.17) is 4.74 Å². The van der Waals surface area contributed by atoms with Crippen LogP contribution in [0.3, 0.4) is 0 Å². The first-order chi connectivity index (χ1) is 9.95. The molecule has 1 aromatic rings. The summed E-state index contributed by atoms with van der Waals surface area (Å²) in [5.41, 5.74) is 0.717. The van der Waals surface area contributed by atoms with Crippen LogP contribution in [0, 0.1) is 0 Å². The van der Waals surface area contributed by atoms with Crippen LogP contribution in [0.25, 0.3) is 0 Å². The first-order valence-electron chi connectivity index (χ1n) is 7.13. The van der Waals surface area contributed by atoms with Crippen LogP contribution in [0.15, 0.2) is 29.2 Å². The lowest BCUT2D eigenvalue weighted by atomic mass is 10.1. The molecular weight excluding hydrogens is 290 g/mol. The van der Waals surface area contributed by atoms with Gasteiger partial charge in [-0.05, 0) is 43.5 Å². The van der Waals surface area contributed by atoms with Gasteiger partial charge in [0.05, 0.1) is 11.0 Å². The van der Waals surface area contributed by atoms with E-state index in [1.54, 1.807) is 19.2 Å². The summed E-state index contributed by atoms with van der Waals surface area (Å²) >= 11 is 0. The van der Waals surface area contributed by atoms with E-state index in [0.29, 0.717) is 12.1 Å². The topological polar surface area (TPSA) is 75.6 Å². The molecule has 0 radical (unpaired) electrons. The Bertz CT molecular complexity index is 499. The number of methoxy groups -OCH3 is 1. The largest absolute Gasteiger partial charge is 0.387 e. The summed E-state index contributed by atoms with van der Waals surface area (Å²) in [7, 11) is -1.49. The molecule has 1 aromatic carbocycles. The van der Waals surface area contributed by atoms with E-state index in [-0.39, 0.29) is 4.90 Å². The minimum absolute atomic E-state index is 0.268. The van der Waals surface area contributed by atoms with Crippen molar-refractivity contribution < 1.29 is 18.3 Å². The number of hydrogen-bond donors (Lipinski definition) is 2. The van der Waals surface area contributed by atoms with Crippen LogP contribution >= 0.6 is 0 Å². The van der Waals surface area contributed by atoms with Crippen LogP contribution in [0.5, 0.6) is 0 Å². The fraction of sp³-hybridized carbons (Fsp3) is 0.600. The van der Waals surface area contributed by atoms with Crippen molar-refractivity contribution in [1.82, 2.24) is 5.32 Å². The van der Waals surface area contributed by atoms with Gasteiger partial charge in [0.25, 0.3) is 0 Å². The van der Waals surface area contributed by atoms with Crippen molar-refractivity contribution >= 4 is 9.84 Å². The van der Waals surface area contributed by atoms with Crippen molar-refractivity contribution in [2.75, 3.05) is 33.1 Å². The molecule has 0 aliphatic rings. The molecule has 0 aliphatic heterocycles. The Hall–Kier alpha value is -0.950. The smallest absolute Gasteiger partial charge is 0.175 e. The Morgan fingerprint density at radius 3 is 2.43 bits per heavy atom. The van der Waals surface area contributed by atoms with Crippen molar-refractivity contribution in [3.05, 3.63) is 29.8 Å². The molecule has 1 atom stereocenters. The Labute approximate surface area is 127 Å². The van der Waals surface area contributed by atoms with Crippen LogP contribution < -0.4 is 5.32 Å². The first-order valence-corrected chi connectivity index (χ1v) is 9.02. The molecule has 0 bridgehead atoms. The number of hydrogen-bond acceptors (Lipinski definition) is 5. The van der Waals surface area contributed by atoms with E-state index >= 15 is 0 Å². The lowest BCUT2D eigenvalue weighted by Gasteiger charge is -2.12. The van der Waals surface area contributed by atoms with Gasteiger partial charge in [0.2, 0.25) is 0 Å². The minimum atomic E-state index is -3.18. The molecule has 0 spiro atoms. The zero-order chi connectivity index (χ0) is 15.7. The number of nitrogens with one attached hydrogen (secondary N) is 1. The highest BCUT2D eigenvalue weighted by molar-refractivity contribution is 7.90. The Morgan fingerprint density at radius 2 is 1.86 bits per heavy atom. The van der Waals surface area contributed by atoms with Gasteiger partial charge in [-0.15, -0.1) is 0 Å². The Balaban J connectivity index is 2.31. The second-order valence-corrected chi connectivity index (χ2v) is 7.13. The minimum Gasteiger partial charge on any atom is -0.387 e. The molecule has 0 fully saturated rings. The second kappa shape index (κ2) is 9.15. The van der Waals surface area contributed by atoms with E-state index in [1.165, 1.54) is 18.4 Å².